The highest BCUT2D eigenvalue weighted by Gasteiger charge is 2.41. The van der Waals surface area contributed by atoms with Gasteiger partial charge in [-0.15, -0.1) is 0 Å². The van der Waals surface area contributed by atoms with Crippen molar-refractivity contribution in [1.29, 1.82) is 0 Å². The Hall–Kier alpha value is -1.62. The number of hydrogen-bond acceptors (Lipinski definition) is 4. The first-order chi connectivity index (χ1) is 10.1. The molecule has 0 aromatic heterocycles. The SMILES string of the molecule is CCNC1CC2CCC(C1)N2c1ccc([N+](=O)[O-])cc1C. The van der Waals surface area contributed by atoms with Crippen molar-refractivity contribution >= 4 is 11.4 Å². The van der Waals surface area contributed by atoms with Gasteiger partial charge in [0.15, 0.2) is 0 Å². The van der Waals surface area contributed by atoms with Gasteiger partial charge in [0.2, 0.25) is 0 Å². The van der Waals surface area contributed by atoms with E-state index in [1.54, 1.807) is 12.1 Å². The Balaban J connectivity index is 1.84. The summed E-state index contributed by atoms with van der Waals surface area (Å²) in [5.74, 6) is 0. The van der Waals surface area contributed by atoms with Crippen LogP contribution in [-0.4, -0.2) is 29.6 Å². The van der Waals surface area contributed by atoms with Crippen molar-refractivity contribution in [3.05, 3.63) is 33.9 Å². The van der Waals surface area contributed by atoms with Gasteiger partial charge >= 0.3 is 0 Å². The zero-order valence-corrected chi connectivity index (χ0v) is 12.7. The number of aryl methyl sites for hydroxylation is 1. The van der Waals surface area contributed by atoms with Crippen molar-refractivity contribution in [3.63, 3.8) is 0 Å². The lowest BCUT2D eigenvalue weighted by atomic mass is 9.95. The number of benzene rings is 1. The molecule has 2 aliphatic heterocycles. The Kier molecular flexibility index (Phi) is 3.85. The highest BCUT2D eigenvalue weighted by Crippen LogP contribution is 2.41. The fraction of sp³-hybridized carbons (Fsp3) is 0.625. The van der Waals surface area contributed by atoms with Crippen LogP contribution in [0.2, 0.25) is 0 Å². The number of rotatable bonds is 4. The van der Waals surface area contributed by atoms with Crippen LogP contribution < -0.4 is 10.2 Å². The highest BCUT2D eigenvalue weighted by atomic mass is 16.6. The lowest BCUT2D eigenvalue weighted by molar-refractivity contribution is -0.384. The third kappa shape index (κ3) is 2.62. The maximum absolute atomic E-state index is 10.9. The summed E-state index contributed by atoms with van der Waals surface area (Å²) in [4.78, 5) is 13.1. The number of fused-ring (bicyclic) bond motifs is 2. The summed E-state index contributed by atoms with van der Waals surface area (Å²) in [6.07, 6.45) is 4.84. The van der Waals surface area contributed by atoms with Crippen LogP contribution >= 0.6 is 0 Å². The van der Waals surface area contributed by atoms with Gasteiger partial charge in [0.25, 0.3) is 5.69 Å². The number of non-ortho nitro benzene ring substituents is 1. The van der Waals surface area contributed by atoms with E-state index in [1.807, 2.05) is 13.0 Å². The molecular formula is C16H23N3O2. The van der Waals surface area contributed by atoms with Gasteiger partial charge in [0.05, 0.1) is 4.92 Å². The van der Waals surface area contributed by atoms with E-state index in [0.717, 1.165) is 12.1 Å². The molecule has 2 saturated heterocycles. The van der Waals surface area contributed by atoms with Crippen molar-refractivity contribution in [2.75, 3.05) is 11.4 Å². The normalized spacial score (nSPS) is 27.9. The van der Waals surface area contributed by atoms with E-state index in [4.69, 9.17) is 0 Å². The molecule has 21 heavy (non-hydrogen) atoms. The summed E-state index contributed by atoms with van der Waals surface area (Å²) in [6.45, 7) is 5.17. The van der Waals surface area contributed by atoms with E-state index in [1.165, 1.54) is 31.4 Å². The van der Waals surface area contributed by atoms with E-state index in [-0.39, 0.29) is 10.6 Å². The maximum atomic E-state index is 10.9. The molecule has 2 unspecified atom stereocenters. The monoisotopic (exact) mass is 289 g/mol. The largest absolute Gasteiger partial charge is 0.365 e. The van der Waals surface area contributed by atoms with Crippen LogP contribution in [0.3, 0.4) is 0 Å². The van der Waals surface area contributed by atoms with Crippen molar-refractivity contribution in [1.82, 2.24) is 5.32 Å². The average Bonchev–Trinajstić information content (AvgIpc) is 2.70. The van der Waals surface area contributed by atoms with Crippen molar-refractivity contribution in [2.24, 2.45) is 0 Å². The Bertz CT molecular complexity index is 532. The predicted molar refractivity (Wildman–Crippen MR) is 83.8 cm³/mol. The van der Waals surface area contributed by atoms with Gasteiger partial charge in [-0.05, 0) is 50.8 Å². The zero-order chi connectivity index (χ0) is 15.0. The minimum atomic E-state index is -0.317. The number of nitro benzene ring substituents is 1. The minimum Gasteiger partial charge on any atom is -0.365 e. The lowest BCUT2D eigenvalue weighted by Crippen LogP contribution is -2.49. The van der Waals surface area contributed by atoms with Gasteiger partial charge in [-0.25, -0.2) is 0 Å². The fourth-order valence-electron chi connectivity index (χ4n) is 4.07. The molecule has 5 heteroatoms. The quantitative estimate of drug-likeness (QED) is 0.684. The molecule has 2 bridgehead atoms. The maximum Gasteiger partial charge on any atom is 0.269 e. The zero-order valence-electron chi connectivity index (χ0n) is 12.7. The third-order valence-corrected chi connectivity index (χ3v) is 4.90. The Morgan fingerprint density at radius 1 is 1.33 bits per heavy atom. The van der Waals surface area contributed by atoms with Crippen LogP contribution in [-0.2, 0) is 0 Å². The van der Waals surface area contributed by atoms with E-state index in [9.17, 15) is 10.1 Å². The standard InChI is InChI=1S/C16H23N3O2/c1-3-17-12-9-13-4-5-14(10-12)18(13)16-7-6-15(19(20)21)8-11(16)2/h6-8,12-14,17H,3-5,9-10H2,1-2H3. The number of nitrogens with zero attached hydrogens (tertiary/aromatic N) is 2. The van der Waals surface area contributed by atoms with Crippen LogP contribution in [0.5, 0.6) is 0 Å². The molecule has 1 N–H and O–H groups in total. The van der Waals surface area contributed by atoms with Crippen molar-refractivity contribution in [2.45, 2.75) is 57.7 Å². The molecule has 3 rings (SSSR count). The second-order valence-corrected chi connectivity index (χ2v) is 6.25. The first-order valence-corrected chi connectivity index (χ1v) is 7.87. The molecular weight excluding hydrogens is 266 g/mol. The number of piperidine rings is 1. The average molecular weight is 289 g/mol. The van der Waals surface area contributed by atoms with Crippen molar-refractivity contribution in [3.8, 4) is 0 Å². The third-order valence-electron chi connectivity index (χ3n) is 4.90. The molecule has 2 aliphatic rings. The Labute approximate surface area is 125 Å². The topological polar surface area (TPSA) is 58.4 Å². The smallest absolute Gasteiger partial charge is 0.269 e. The van der Waals surface area contributed by atoms with Crippen LogP contribution in [0, 0.1) is 17.0 Å². The predicted octanol–water partition coefficient (Wildman–Crippen LogP) is 3.01. The van der Waals surface area contributed by atoms with E-state index >= 15 is 0 Å². The molecule has 1 aromatic rings. The second-order valence-electron chi connectivity index (χ2n) is 6.25. The summed E-state index contributed by atoms with van der Waals surface area (Å²) in [6, 6.07) is 7.05. The van der Waals surface area contributed by atoms with E-state index in [0.29, 0.717) is 18.1 Å². The molecule has 0 aliphatic carbocycles. The summed E-state index contributed by atoms with van der Waals surface area (Å²) >= 11 is 0. The second kappa shape index (κ2) is 5.64. The van der Waals surface area contributed by atoms with Crippen molar-refractivity contribution < 1.29 is 4.92 Å². The fourth-order valence-corrected chi connectivity index (χ4v) is 4.07. The number of nitrogens with one attached hydrogen (secondary N) is 1. The molecule has 5 nitrogen and oxygen atoms in total. The first kappa shape index (κ1) is 14.3. The number of hydrogen-bond donors (Lipinski definition) is 1. The molecule has 2 fully saturated rings. The van der Waals surface area contributed by atoms with Gasteiger partial charge < -0.3 is 10.2 Å². The Morgan fingerprint density at radius 2 is 2.00 bits per heavy atom. The van der Waals surface area contributed by atoms with Gasteiger partial charge in [-0.2, -0.15) is 0 Å². The summed E-state index contributed by atoms with van der Waals surface area (Å²) in [5, 5.41) is 14.5. The molecule has 0 saturated carbocycles. The summed E-state index contributed by atoms with van der Waals surface area (Å²) in [5.41, 5.74) is 2.39. The highest BCUT2D eigenvalue weighted by molar-refractivity contribution is 5.59. The molecule has 0 amide bonds. The molecule has 1 aromatic carbocycles. The Morgan fingerprint density at radius 3 is 2.52 bits per heavy atom. The number of anilines is 1. The number of nitro groups is 1. The summed E-state index contributed by atoms with van der Waals surface area (Å²) < 4.78 is 0. The molecule has 114 valence electrons. The molecule has 0 radical (unpaired) electrons. The minimum absolute atomic E-state index is 0.186. The van der Waals surface area contributed by atoms with Crippen LogP contribution in [0.1, 0.15) is 38.2 Å². The van der Waals surface area contributed by atoms with Gasteiger partial charge in [-0.3, -0.25) is 10.1 Å². The van der Waals surface area contributed by atoms with E-state index in [2.05, 4.69) is 17.1 Å². The van der Waals surface area contributed by atoms with Gasteiger partial charge in [0, 0.05) is 35.9 Å². The van der Waals surface area contributed by atoms with Crippen LogP contribution in [0.25, 0.3) is 0 Å². The van der Waals surface area contributed by atoms with Crippen LogP contribution in [0.4, 0.5) is 11.4 Å². The van der Waals surface area contributed by atoms with E-state index < -0.39 is 0 Å². The molecule has 0 spiro atoms. The molecule has 2 heterocycles. The van der Waals surface area contributed by atoms with Gasteiger partial charge in [-0.1, -0.05) is 6.92 Å². The lowest BCUT2D eigenvalue weighted by Gasteiger charge is -2.41. The summed E-state index contributed by atoms with van der Waals surface area (Å²) in [7, 11) is 0. The first-order valence-electron chi connectivity index (χ1n) is 7.87. The van der Waals surface area contributed by atoms with Gasteiger partial charge in [0.1, 0.15) is 0 Å². The molecule has 2 atom stereocenters. The van der Waals surface area contributed by atoms with Crippen LogP contribution in [0.15, 0.2) is 18.2 Å².